The van der Waals surface area contributed by atoms with Crippen LogP contribution in [0.3, 0.4) is 0 Å². The fourth-order valence-electron chi connectivity index (χ4n) is 2.66. The van der Waals surface area contributed by atoms with Crippen LogP contribution in [0.15, 0.2) is 21.5 Å². The van der Waals surface area contributed by atoms with Crippen LogP contribution >= 0.6 is 15.9 Å². The average Bonchev–Trinajstić information content (AvgIpc) is 2.65. The van der Waals surface area contributed by atoms with Gasteiger partial charge in [-0.15, -0.1) is 0 Å². The molecular formula is C14H21BrN2O2S. The SMILES string of the molecule is Cc1c(N)cc(Br)cc1S(=O)(=O)NC1C(C)(C)C1(C)C. The molecule has 20 heavy (non-hydrogen) atoms. The van der Waals surface area contributed by atoms with Crippen molar-refractivity contribution in [1.82, 2.24) is 4.72 Å². The summed E-state index contributed by atoms with van der Waals surface area (Å²) in [4.78, 5) is 0.239. The van der Waals surface area contributed by atoms with Crippen molar-refractivity contribution in [3.63, 3.8) is 0 Å². The Kier molecular flexibility index (Phi) is 3.51. The smallest absolute Gasteiger partial charge is 0.241 e. The molecule has 1 aliphatic carbocycles. The van der Waals surface area contributed by atoms with Crippen molar-refractivity contribution in [3.8, 4) is 0 Å². The van der Waals surface area contributed by atoms with Crippen molar-refractivity contribution in [1.29, 1.82) is 0 Å². The number of nitrogens with one attached hydrogen (secondary N) is 1. The summed E-state index contributed by atoms with van der Waals surface area (Å²) in [5.74, 6) is 0. The molecule has 0 unspecified atom stereocenters. The highest BCUT2D eigenvalue weighted by molar-refractivity contribution is 9.10. The number of sulfonamides is 1. The molecule has 0 radical (unpaired) electrons. The van der Waals surface area contributed by atoms with Crippen molar-refractivity contribution >= 4 is 31.6 Å². The number of hydrogen-bond donors (Lipinski definition) is 2. The molecule has 112 valence electrons. The zero-order valence-electron chi connectivity index (χ0n) is 12.4. The summed E-state index contributed by atoms with van der Waals surface area (Å²) in [5.41, 5.74) is 6.80. The van der Waals surface area contributed by atoms with Crippen LogP contribution in [-0.2, 0) is 10.0 Å². The maximum absolute atomic E-state index is 12.6. The zero-order valence-corrected chi connectivity index (χ0v) is 14.8. The molecule has 0 saturated heterocycles. The minimum atomic E-state index is -3.57. The Morgan fingerprint density at radius 3 is 2.15 bits per heavy atom. The lowest BCUT2D eigenvalue weighted by Crippen LogP contribution is -2.30. The first-order valence-corrected chi connectivity index (χ1v) is 8.77. The summed E-state index contributed by atoms with van der Waals surface area (Å²) in [6.45, 7) is 10.0. The van der Waals surface area contributed by atoms with E-state index in [1.54, 1.807) is 19.1 Å². The van der Waals surface area contributed by atoms with Crippen LogP contribution in [0, 0.1) is 17.8 Å². The van der Waals surface area contributed by atoms with E-state index in [9.17, 15) is 8.42 Å². The largest absolute Gasteiger partial charge is 0.398 e. The van der Waals surface area contributed by atoms with Crippen LogP contribution in [0.5, 0.6) is 0 Å². The maximum Gasteiger partial charge on any atom is 0.241 e. The van der Waals surface area contributed by atoms with Crippen LogP contribution in [0.2, 0.25) is 0 Å². The molecule has 1 aliphatic rings. The van der Waals surface area contributed by atoms with E-state index in [1.165, 1.54) is 0 Å². The molecular weight excluding hydrogens is 340 g/mol. The molecule has 0 aromatic heterocycles. The van der Waals surface area contributed by atoms with Crippen molar-refractivity contribution in [3.05, 3.63) is 22.2 Å². The van der Waals surface area contributed by atoms with Gasteiger partial charge in [0.25, 0.3) is 0 Å². The normalized spacial score (nSPS) is 20.9. The van der Waals surface area contributed by atoms with Gasteiger partial charge in [-0.25, -0.2) is 13.1 Å². The molecule has 6 heteroatoms. The number of halogens is 1. The standard InChI is InChI=1S/C14H21BrN2O2S/c1-8-10(16)6-9(15)7-11(8)20(18,19)17-12-13(2,3)14(12,4)5/h6-7,12,17H,16H2,1-5H3. The quantitative estimate of drug-likeness (QED) is 0.813. The Hall–Kier alpha value is -0.590. The predicted molar refractivity (Wildman–Crippen MR) is 85.0 cm³/mol. The van der Waals surface area contributed by atoms with Gasteiger partial charge in [0.05, 0.1) is 4.90 Å². The average molecular weight is 361 g/mol. The van der Waals surface area contributed by atoms with Crippen LogP contribution in [0.1, 0.15) is 33.3 Å². The second-order valence-electron chi connectivity index (χ2n) is 6.62. The number of anilines is 1. The van der Waals surface area contributed by atoms with Gasteiger partial charge in [-0.1, -0.05) is 43.6 Å². The van der Waals surface area contributed by atoms with Crippen molar-refractivity contribution in [2.75, 3.05) is 5.73 Å². The molecule has 0 spiro atoms. The van der Waals surface area contributed by atoms with Gasteiger partial charge in [0, 0.05) is 16.2 Å². The first-order chi connectivity index (χ1) is 8.91. The molecule has 0 atom stereocenters. The van der Waals surface area contributed by atoms with Gasteiger partial charge in [0.2, 0.25) is 10.0 Å². The van der Waals surface area contributed by atoms with Gasteiger partial charge >= 0.3 is 0 Å². The molecule has 0 aliphatic heterocycles. The van der Waals surface area contributed by atoms with E-state index in [1.807, 2.05) is 0 Å². The topological polar surface area (TPSA) is 72.2 Å². The van der Waals surface area contributed by atoms with Crippen LogP contribution in [0.4, 0.5) is 5.69 Å². The second-order valence-corrected chi connectivity index (χ2v) is 9.21. The molecule has 0 heterocycles. The molecule has 1 aromatic rings. The van der Waals surface area contributed by atoms with Crippen LogP contribution in [-0.4, -0.2) is 14.5 Å². The van der Waals surface area contributed by atoms with Gasteiger partial charge < -0.3 is 5.73 Å². The van der Waals surface area contributed by atoms with Crippen molar-refractivity contribution in [2.24, 2.45) is 10.8 Å². The fraction of sp³-hybridized carbons (Fsp3) is 0.571. The van der Waals surface area contributed by atoms with E-state index in [-0.39, 0.29) is 21.8 Å². The van der Waals surface area contributed by atoms with E-state index < -0.39 is 10.0 Å². The van der Waals surface area contributed by atoms with Crippen molar-refractivity contribution < 1.29 is 8.42 Å². The molecule has 2 rings (SSSR count). The summed E-state index contributed by atoms with van der Waals surface area (Å²) < 4.78 is 28.7. The van der Waals surface area contributed by atoms with Crippen LogP contribution in [0.25, 0.3) is 0 Å². The predicted octanol–water partition coefficient (Wildman–Crippen LogP) is 3.05. The van der Waals surface area contributed by atoms with Gasteiger partial charge in [-0.2, -0.15) is 0 Å². The van der Waals surface area contributed by atoms with E-state index in [4.69, 9.17) is 5.73 Å². The lowest BCUT2D eigenvalue weighted by Gasteiger charge is -2.13. The third kappa shape index (κ3) is 2.27. The van der Waals surface area contributed by atoms with E-state index >= 15 is 0 Å². The Labute approximate surface area is 129 Å². The highest BCUT2D eigenvalue weighted by Gasteiger charge is 2.66. The number of nitrogens with two attached hydrogens (primary N) is 1. The van der Waals surface area contributed by atoms with E-state index in [2.05, 4.69) is 48.3 Å². The highest BCUT2D eigenvalue weighted by Crippen LogP contribution is 2.63. The third-order valence-corrected chi connectivity index (χ3v) is 6.96. The maximum atomic E-state index is 12.6. The molecule has 0 amide bonds. The zero-order chi connectivity index (χ0) is 15.5. The second kappa shape index (κ2) is 4.45. The summed E-state index contributed by atoms with van der Waals surface area (Å²) in [5, 5.41) is 0. The third-order valence-electron chi connectivity index (χ3n) is 4.95. The molecule has 1 fully saturated rings. The fourth-order valence-corrected chi connectivity index (χ4v) is 5.12. The first kappa shape index (κ1) is 15.8. The molecule has 0 bridgehead atoms. The first-order valence-electron chi connectivity index (χ1n) is 6.49. The highest BCUT2D eigenvalue weighted by atomic mass is 79.9. The van der Waals surface area contributed by atoms with E-state index in [0.717, 1.165) is 0 Å². The minimum absolute atomic E-state index is 0.0501. The number of benzene rings is 1. The van der Waals surface area contributed by atoms with Crippen molar-refractivity contribution in [2.45, 2.75) is 45.6 Å². The Bertz CT molecular complexity index is 652. The minimum Gasteiger partial charge on any atom is -0.398 e. The summed E-state index contributed by atoms with van der Waals surface area (Å²) in [7, 11) is -3.57. The Morgan fingerprint density at radius 1 is 1.20 bits per heavy atom. The monoisotopic (exact) mass is 360 g/mol. The van der Waals surface area contributed by atoms with Gasteiger partial charge in [0.1, 0.15) is 0 Å². The lowest BCUT2D eigenvalue weighted by atomic mass is 10.0. The summed E-state index contributed by atoms with van der Waals surface area (Å²) >= 11 is 3.29. The van der Waals surface area contributed by atoms with Gasteiger partial charge in [-0.05, 0) is 35.4 Å². The number of nitrogen functional groups attached to an aromatic ring is 1. The molecule has 4 nitrogen and oxygen atoms in total. The van der Waals surface area contributed by atoms with E-state index in [0.29, 0.717) is 15.7 Å². The molecule has 1 saturated carbocycles. The summed E-state index contributed by atoms with van der Waals surface area (Å²) in [6.07, 6.45) is 0. The van der Waals surface area contributed by atoms with Gasteiger partial charge in [0.15, 0.2) is 0 Å². The Morgan fingerprint density at radius 2 is 1.70 bits per heavy atom. The Balaban J connectivity index is 2.39. The van der Waals surface area contributed by atoms with Crippen LogP contribution < -0.4 is 10.5 Å². The molecule has 3 N–H and O–H groups in total. The lowest BCUT2D eigenvalue weighted by molar-refractivity contribution is 0.457. The molecule has 1 aromatic carbocycles. The number of hydrogen-bond acceptors (Lipinski definition) is 3. The number of rotatable bonds is 3. The summed E-state index contributed by atoms with van der Waals surface area (Å²) in [6, 6.07) is 3.23. The van der Waals surface area contributed by atoms with Gasteiger partial charge in [-0.3, -0.25) is 0 Å².